The Hall–Kier alpha value is -3.55. The fraction of sp³-hybridized carbons (Fsp3) is 0.118. The molecular weight excluding hydrogens is 318 g/mol. The van der Waals surface area contributed by atoms with E-state index in [-0.39, 0.29) is 18.4 Å². The Kier molecular flexibility index (Phi) is 3.70. The Morgan fingerprint density at radius 2 is 1.92 bits per heavy atom. The Morgan fingerprint density at radius 1 is 1.08 bits per heavy atom. The number of ether oxygens (including phenoxy) is 1. The molecule has 1 aromatic carbocycles. The first-order valence-electron chi connectivity index (χ1n) is 7.67. The molecule has 0 radical (unpaired) electrons. The number of hydrogen-bond acceptors (Lipinski definition) is 7. The van der Waals surface area contributed by atoms with Crippen molar-refractivity contribution >= 4 is 17.1 Å². The lowest BCUT2D eigenvalue weighted by molar-refractivity contribution is 0.297. The molecule has 3 heterocycles. The number of nitrogens with two attached hydrogens (primary N) is 1. The van der Waals surface area contributed by atoms with Gasteiger partial charge in [0.25, 0.3) is 0 Å². The maximum Gasteiger partial charge on any atom is 0.249 e. The number of benzene rings is 1. The lowest BCUT2D eigenvalue weighted by Crippen LogP contribution is -2.02. The molecule has 0 spiro atoms. The third kappa shape index (κ3) is 3.09. The van der Waals surface area contributed by atoms with E-state index in [0.29, 0.717) is 11.2 Å². The van der Waals surface area contributed by atoms with E-state index in [4.69, 9.17) is 10.5 Å². The Labute approximate surface area is 143 Å². The van der Waals surface area contributed by atoms with Gasteiger partial charge < -0.3 is 10.5 Å². The molecule has 4 aromatic rings. The molecule has 0 aliphatic heterocycles. The summed E-state index contributed by atoms with van der Waals surface area (Å²) in [4.78, 5) is 12.4. The molecule has 0 saturated heterocycles. The van der Waals surface area contributed by atoms with Crippen LogP contribution in [0.25, 0.3) is 22.3 Å². The van der Waals surface area contributed by atoms with E-state index in [0.717, 1.165) is 16.7 Å². The van der Waals surface area contributed by atoms with Crippen LogP contribution in [0.15, 0.2) is 42.7 Å². The largest absolute Gasteiger partial charge is 0.471 e. The lowest BCUT2D eigenvalue weighted by Gasteiger charge is -2.08. The number of aromatic nitrogens is 6. The van der Waals surface area contributed by atoms with Crippen molar-refractivity contribution in [3.05, 3.63) is 53.9 Å². The number of nitrogens with zero attached hydrogens (tertiary/aromatic N) is 5. The molecule has 8 heteroatoms. The standard InChI is InChI=1S/C17H15N7O/c1-10-2-4-12(5-3-10)13-6-11(7-19-8-13)9-25-16-14-15(23-24-22-14)20-17(18)21-16/h2-8H,9H2,1H3,(H3,18,20,21,22,23,24). The van der Waals surface area contributed by atoms with E-state index in [1.807, 2.05) is 12.3 Å². The second-order valence-corrected chi connectivity index (χ2v) is 5.63. The van der Waals surface area contributed by atoms with Gasteiger partial charge in [-0.05, 0) is 18.6 Å². The van der Waals surface area contributed by atoms with Gasteiger partial charge in [-0.2, -0.15) is 9.97 Å². The minimum Gasteiger partial charge on any atom is -0.471 e. The van der Waals surface area contributed by atoms with Gasteiger partial charge in [0.2, 0.25) is 11.8 Å². The molecule has 0 aliphatic carbocycles. The highest BCUT2D eigenvalue weighted by molar-refractivity contribution is 5.75. The smallest absolute Gasteiger partial charge is 0.249 e. The fourth-order valence-electron chi connectivity index (χ4n) is 2.46. The summed E-state index contributed by atoms with van der Waals surface area (Å²) in [5.74, 6) is 0.386. The lowest BCUT2D eigenvalue weighted by atomic mass is 10.0. The minimum atomic E-state index is 0.0973. The van der Waals surface area contributed by atoms with Crippen LogP contribution in [0, 0.1) is 6.92 Å². The highest BCUT2D eigenvalue weighted by atomic mass is 16.5. The minimum absolute atomic E-state index is 0.0973. The number of aromatic amines is 1. The molecule has 3 N–H and O–H groups in total. The molecule has 0 fully saturated rings. The van der Waals surface area contributed by atoms with E-state index in [1.54, 1.807) is 6.20 Å². The third-order valence-corrected chi connectivity index (χ3v) is 3.73. The van der Waals surface area contributed by atoms with Gasteiger partial charge >= 0.3 is 0 Å². The molecular formula is C17H15N7O. The summed E-state index contributed by atoms with van der Waals surface area (Å²) < 4.78 is 5.76. The van der Waals surface area contributed by atoms with Crippen molar-refractivity contribution in [1.29, 1.82) is 0 Å². The quantitative estimate of drug-likeness (QED) is 0.588. The first-order valence-corrected chi connectivity index (χ1v) is 7.67. The highest BCUT2D eigenvalue weighted by Crippen LogP contribution is 2.22. The Morgan fingerprint density at radius 3 is 2.76 bits per heavy atom. The molecule has 0 bridgehead atoms. The van der Waals surface area contributed by atoms with Gasteiger partial charge in [-0.1, -0.05) is 35.0 Å². The van der Waals surface area contributed by atoms with E-state index >= 15 is 0 Å². The van der Waals surface area contributed by atoms with Crippen LogP contribution >= 0.6 is 0 Å². The zero-order chi connectivity index (χ0) is 17.2. The highest BCUT2D eigenvalue weighted by Gasteiger charge is 2.11. The Balaban J connectivity index is 1.58. The van der Waals surface area contributed by atoms with Gasteiger partial charge in [0.1, 0.15) is 6.61 Å². The number of pyridine rings is 1. The SMILES string of the molecule is Cc1ccc(-c2cncc(COc3nc(N)nc4[nH]nnc34)c2)cc1. The van der Waals surface area contributed by atoms with Crippen LogP contribution in [-0.4, -0.2) is 30.4 Å². The summed E-state index contributed by atoms with van der Waals surface area (Å²) in [5, 5.41) is 10.3. The fourth-order valence-corrected chi connectivity index (χ4v) is 2.46. The van der Waals surface area contributed by atoms with Gasteiger partial charge in [0, 0.05) is 23.5 Å². The predicted molar refractivity (Wildman–Crippen MR) is 92.6 cm³/mol. The number of fused-ring (bicyclic) bond motifs is 1. The molecule has 0 amide bonds. The van der Waals surface area contributed by atoms with Crippen LogP contribution in [0.4, 0.5) is 5.95 Å². The number of nitrogens with one attached hydrogen (secondary N) is 1. The summed E-state index contributed by atoms with van der Waals surface area (Å²) in [7, 11) is 0. The van der Waals surface area contributed by atoms with Crippen LogP contribution < -0.4 is 10.5 Å². The van der Waals surface area contributed by atoms with Crippen LogP contribution in [-0.2, 0) is 6.61 Å². The van der Waals surface area contributed by atoms with Crippen molar-refractivity contribution in [2.24, 2.45) is 0 Å². The summed E-state index contributed by atoms with van der Waals surface area (Å²) in [6.45, 7) is 2.34. The first-order chi connectivity index (χ1) is 12.2. The van der Waals surface area contributed by atoms with Crippen LogP contribution in [0.2, 0.25) is 0 Å². The number of hydrogen-bond donors (Lipinski definition) is 2. The monoisotopic (exact) mass is 333 g/mol. The van der Waals surface area contributed by atoms with Crippen molar-refractivity contribution in [3.63, 3.8) is 0 Å². The Bertz CT molecular complexity index is 1030. The van der Waals surface area contributed by atoms with Crippen molar-refractivity contribution in [1.82, 2.24) is 30.4 Å². The van der Waals surface area contributed by atoms with E-state index in [1.165, 1.54) is 5.56 Å². The van der Waals surface area contributed by atoms with E-state index in [9.17, 15) is 0 Å². The molecule has 3 aromatic heterocycles. The van der Waals surface area contributed by atoms with Gasteiger partial charge in [-0.25, -0.2) is 5.10 Å². The number of rotatable bonds is 4. The van der Waals surface area contributed by atoms with Gasteiger partial charge in [0.15, 0.2) is 11.2 Å². The molecule has 124 valence electrons. The maximum atomic E-state index is 5.76. The molecule has 0 saturated carbocycles. The van der Waals surface area contributed by atoms with E-state index in [2.05, 4.69) is 61.6 Å². The second kappa shape index (κ2) is 6.16. The molecule has 0 atom stereocenters. The average molecular weight is 333 g/mol. The summed E-state index contributed by atoms with van der Waals surface area (Å²) in [6.07, 6.45) is 3.58. The van der Waals surface area contributed by atoms with Crippen molar-refractivity contribution in [2.75, 3.05) is 5.73 Å². The summed E-state index contributed by atoms with van der Waals surface area (Å²) >= 11 is 0. The van der Waals surface area contributed by atoms with Crippen molar-refractivity contribution in [2.45, 2.75) is 13.5 Å². The zero-order valence-electron chi connectivity index (χ0n) is 13.5. The summed E-state index contributed by atoms with van der Waals surface area (Å²) in [6, 6.07) is 10.3. The number of anilines is 1. The number of aryl methyl sites for hydroxylation is 1. The van der Waals surface area contributed by atoms with Crippen molar-refractivity contribution < 1.29 is 4.74 Å². The van der Waals surface area contributed by atoms with Gasteiger partial charge in [-0.15, -0.1) is 5.10 Å². The number of nitrogen functional groups attached to an aromatic ring is 1. The average Bonchev–Trinajstić information content (AvgIpc) is 3.09. The number of H-pyrrole nitrogens is 1. The van der Waals surface area contributed by atoms with Crippen molar-refractivity contribution in [3.8, 4) is 17.0 Å². The van der Waals surface area contributed by atoms with Crippen LogP contribution in [0.1, 0.15) is 11.1 Å². The topological polar surface area (TPSA) is 115 Å². The molecule has 0 unspecified atom stereocenters. The molecule has 8 nitrogen and oxygen atoms in total. The normalized spacial score (nSPS) is 10.9. The van der Waals surface area contributed by atoms with Gasteiger partial charge in [0.05, 0.1) is 0 Å². The molecule has 4 rings (SSSR count). The summed E-state index contributed by atoms with van der Waals surface area (Å²) in [5.41, 5.74) is 10.8. The third-order valence-electron chi connectivity index (χ3n) is 3.73. The van der Waals surface area contributed by atoms with Crippen LogP contribution in [0.3, 0.4) is 0 Å². The first kappa shape index (κ1) is 15.0. The van der Waals surface area contributed by atoms with Gasteiger partial charge in [-0.3, -0.25) is 4.98 Å². The second-order valence-electron chi connectivity index (χ2n) is 5.63. The van der Waals surface area contributed by atoms with Crippen LogP contribution in [0.5, 0.6) is 5.88 Å². The maximum absolute atomic E-state index is 5.76. The predicted octanol–water partition coefficient (Wildman–Crippen LogP) is 2.28. The molecule has 0 aliphatic rings. The van der Waals surface area contributed by atoms with E-state index < -0.39 is 0 Å². The zero-order valence-corrected chi connectivity index (χ0v) is 13.5. The molecule has 25 heavy (non-hydrogen) atoms.